The minimum absolute atomic E-state index is 0.167. The molecule has 0 rings (SSSR count). The minimum Gasteiger partial charge on any atom is -0.394 e. The van der Waals surface area contributed by atoms with Crippen LogP contribution in [0.4, 0.5) is 0 Å². The van der Waals surface area contributed by atoms with E-state index in [0.29, 0.717) is 19.8 Å². The van der Waals surface area contributed by atoms with Gasteiger partial charge in [0.25, 0.3) is 0 Å². The van der Waals surface area contributed by atoms with Crippen LogP contribution in [0.2, 0.25) is 0 Å². The van der Waals surface area contributed by atoms with Crippen LogP contribution in [0.5, 0.6) is 0 Å². The molecule has 0 aliphatic carbocycles. The number of hydrogen-bond acceptors (Lipinski definition) is 4. The fourth-order valence-corrected chi connectivity index (χ4v) is 1.66. The van der Waals surface area contributed by atoms with Crippen LogP contribution in [-0.4, -0.2) is 40.6 Å². The van der Waals surface area contributed by atoms with Crippen molar-refractivity contribution >= 4 is 9.53 Å². The van der Waals surface area contributed by atoms with E-state index in [9.17, 15) is 0 Å². The highest BCUT2D eigenvalue weighted by molar-refractivity contribution is 6.36. The molecule has 0 heterocycles. The van der Waals surface area contributed by atoms with Crippen molar-refractivity contribution in [2.24, 2.45) is 0 Å². The Morgan fingerprint density at radius 2 is 1.14 bits per heavy atom. The molecule has 0 fully saturated rings. The average Bonchev–Trinajstić information content (AvgIpc) is 2.04. The van der Waals surface area contributed by atoms with Crippen molar-refractivity contribution in [3.63, 3.8) is 0 Å². The Morgan fingerprint density at radius 1 is 0.929 bits per heavy atom. The molecule has 14 heavy (non-hydrogen) atoms. The van der Waals surface area contributed by atoms with Crippen LogP contribution in [-0.2, 0) is 13.3 Å². The molecule has 0 amide bonds. The molecule has 0 aromatic heterocycles. The van der Waals surface area contributed by atoms with Gasteiger partial charge in [-0.1, -0.05) is 0 Å². The Morgan fingerprint density at radius 3 is 1.29 bits per heavy atom. The SMILES string of the molecule is CC(C)O.CCO[SiH](OCC)OCC. The summed E-state index contributed by atoms with van der Waals surface area (Å²) in [6.45, 7) is 11.3. The van der Waals surface area contributed by atoms with Crippen LogP contribution in [0.3, 0.4) is 0 Å². The summed E-state index contributed by atoms with van der Waals surface area (Å²) in [4.78, 5) is 0. The van der Waals surface area contributed by atoms with Crippen LogP contribution < -0.4 is 0 Å². The highest BCUT2D eigenvalue weighted by Crippen LogP contribution is 1.91. The van der Waals surface area contributed by atoms with Gasteiger partial charge in [-0.05, 0) is 34.6 Å². The predicted molar refractivity (Wildman–Crippen MR) is 59.4 cm³/mol. The van der Waals surface area contributed by atoms with Gasteiger partial charge in [0, 0.05) is 25.9 Å². The lowest BCUT2D eigenvalue weighted by molar-refractivity contribution is 0.107. The molecule has 88 valence electrons. The van der Waals surface area contributed by atoms with Crippen LogP contribution in [0.15, 0.2) is 0 Å². The van der Waals surface area contributed by atoms with E-state index in [0.717, 1.165) is 0 Å². The normalized spacial score (nSPS) is 10.3. The second kappa shape index (κ2) is 13.1. The number of rotatable bonds is 6. The molecule has 0 bridgehead atoms. The molecule has 4 nitrogen and oxygen atoms in total. The third kappa shape index (κ3) is 18.0. The fourth-order valence-electron chi connectivity index (χ4n) is 0.553. The van der Waals surface area contributed by atoms with E-state index in [1.165, 1.54) is 0 Å². The number of aliphatic hydroxyl groups is 1. The Bertz CT molecular complexity index is 83.8. The van der Waals surface area contributed by atoms with Crippen molar-refractivity contribution in [1.82, 2.24) is 0 Å². The highest BCUT2D eigenvalue weighted by Gasteiger charge is 2.11. The lowest BCUT2D eigenvalue weighted by Crippen LogP contribution is -2.27. The van der Waals surface area contributed by atoms with Gasteiger partial charge in [0.15, 0.2) is 0 Å². The molecule has 0 aromatic carbocycles. The van der Waals surface area contributed by atoms with Crippen molar-refractivity contribution < 1.29 is 18.4 Å². The van der Waals surface area contributed by atoms with Crippen molar-refractivity contribution in [3.05, 3.63) is 0 Å². The predicted octanol–water partition coefficient (Wildman–Crippen LogP) is 1.20. The van der Waals surface area contributed by atoms with Gasteiger partial charge in [-0.25, -0.2) is 0 Å². The molecule has 0 spiro atoms. The Labute approximate surface area is 89.1 Å². The molecule has 0 radical (unpaired) electrons. The Hall–Kier alpha value is 0.0569. The van der Waals surface area contributed by atoms with E-state index < -0.39 is 9.53 Å². The van der Waals surface area contributed by atoms with Crippen molar-refractivity contribution in [1.29, 1.82) is 0 Å². The van der Waals surface area contributed by atoms with Gasteiger partial charge < -0.3 is 18.4 Å². The summed E-state index contributed by atoms with van der Waals surface area (Å²) < 4.78 is 15.7. The summed E-state index contributed by atoms with van der Waals surface area (Å²) in [5.41, 5.74) is 0. The highest BCUT2D eigenvalue weighted by atomic mass is 28.3. The quantitative estimate of drug-likeness (QED) is 0.689. The second-order valence-corrected chi connectivity index (χ2v) is 4.33. The van der Waals surface area contributed by atoms with Crippen LogP contribution in [0.25, 0.3) is 0 Å². The molecule has 5 heteroatoms. The Kier molecular flexibility index (Phi) is 15.4. The molecule has 0 atom stereocenters. The van der Waals surface area contributed by atoms with E-state index in [4.69, 9.17) is 18.4 Å². The molecule has 0 aliphatic rings. The van der Waals surface area contributed by atoms with Gasteiger partial charge in [0.2, 0.25) is 0 Å². The summed E-state index contributed by atoms with van der Waals surface area (Å²) in [5, 5.41) is 8.06. The van der Waals surface area contributed by atoms with Gasteiger partial charge >= 0.3 is 9.53 Å². The van der Waals surface area contributed by atoms with E-state index in [-0.39, 0.29) is 6.10 Å². The summed E-state index contributed by atoms with van der Waals surface area (Å²) in [7, 11) is -1.73. The zero-order valence-electron chi connectivity index (χ0n) is 9.95. The summed E-state index contributed by atoms with van der Waals surface area (Å²) >= 11 is 0. The van der Waals surface area contributed by atoms with E-state index >= 15 is 0 Å². The lowest BCUT2D eigenvalue weighted by Gasteiger charge is -2.12. The van der Waals surface area contributed by atoms with Crippen molar-refractivity contribution in [2.75, 3.05) is 19.8 Å². The lowest BCUT2D eigenvalue weighted by atomic mass is 10.5. The maximum atomic E-state index is 8.06. The first kappa shape index (κ1) is 16.5. The molecule has 1 N–H and O–H groups in total. The topological polar surface area (TPSA) is 47.9 Å². The molecular formula is C9H24O4Si. The van der Waals surface area contributed by atoms with Gasteiger partial charge in [-0.2, -0.15) is 0 Å². The third-order valence-electron chi connectivity index (χ3n) is 0.908. The van der Waals surface area contributed by atoms with Crippen molar-refractivity contribution in [2.45, 2.75) is 40.7 Å². The maximum Gasteiger partial charge on any atom is 0.484 e. The zero-order chi connectivity index (χ0) is 11.4. The summed E-state index contributed by atoms with van der Waals surface area (Å²) in [5.74, 6) is 0. The zero-order valence-corrected chi connectivity index (χ0v) is 11.1. The van der Waals surface area contributed by atoms with Crippen LogP contribution in [0, 0.1) is 0 Å². The molecule has 0 aliphatic heterocycles. The van der Waals surface area contributed by atoms with Crippen molar-refractivity contribution in [3.8, 4) is 0 Å². The van der Waals surface area contributed by atoms with Gasteiger partial charge in [-0.3, -0.25) is 0 Å². The first-order valence-electron chi connectivity index (χ1n) is 5.11. The van der Waals surface area contributed by atoms with E-state index in [1.807, 2.05) is 20.8 Å². The van der Waals surface area contributed by atoms with E-state index in [2.05, 4.69) is 0 Å². The maximum absolute atomic E-state index is 8.06. The fraction of sp³-hybridized carbons (Fsp3) is 1.00. The number of hydrogen-bond donors (Lipinski definition) is 1. The molecule has 0 unspecified atom stereocenters. The summed E-state index contributed by atoms with van der Waals surface area (Å²) in [6, 6.07) is 0. The van der Waals surface area contributed by atoms with Gasteiger partial charge in [-0.15, -0.1) is 0 Å². The first-order valence-corrected chi connectivity index (χ1v) is 6.52. The minimum atomic E-state index is -1.73. The van der Waals surface area contributed by atoms with Gasteiger partial charge in [0.1, 0.15) is 0 Å². The van der Waals surface area contributed by atoms with E-state index in [1.54, 1.807) is 13.8 Å². The average molecular weight is 224 g/mol. The molecule has 0 saturated carbocycles. The van der Waals surface area contributed by atoms with Gasteiger partial charge in [0.05, 0.1) is 0 Å². The monoisotopic (exact) mass is 224 g/mol. The first-order chi connectivity index (χ1) is 6.58. The second-order valence-electron chi connectivity index (χ2n) is 2.75. The molecule has 0 aromatic rings. The van der Waals surface area contributed by atoms with Crippen LogP contribution in [0.1, 0.15) is 34.6 Å². The molecular weight excluding hydrogens is 200 g/mol. The van der Waals surface area contributed by atoms with Crippen LogP contribution >= 0.6 is 0 Å². The smallest absolute Gasteiger partial charge is 0.394 e. The third-order valence-corrected chi connectivity index (χ3v) is 2.72. The molecule has 0 saturated heterocycles. The standard InChI is InChI=1S/C6H16O3Si.C3H8O/c1-4-7-10(8-5-2)9-6-3;1-3(2)4/h10H,4-6H2,1-3H3;3-4H,1-2H3. The Balaban J connectivity index is 0. The largest absolute Gasteiger partial charge is 0.484 e. The number of aliphatic hydroxyl groups excluding tert-OH is 1. The summed E-state index contributed by atoms with van der Waals surface area (Å²) in [6.07, 6.45) is -0.167.